The topological polar surface area (TPSA) is 66.2 Å². The third-order valence-corrected chi connectivity index (χ3v) is 2.44. The number of carbonyl (C=O) groups is 1. The van der Waals surface area contributed by atoms with Crippen LogP contribution in [0.3, 0.4) is 0 Å². The van der Waals surface area contributed by atoms with Gasteiger partial charge in [0, 0.05) is 0 Å². The quantitative estimate of drug-likeness (QED) is 0.644. The van der Waals surface area contributed by atoms with E-state index in [4.69, 9.17) is 9.57 Å². The molecule has 0 N–H and O–H groups in total. The molecule has 2 aromatic rings. The number of alkyl halides is 3. The minimum Gasteiger partial charge on any atom is -0.432 e. The zero-order valence-corrected chi connectivity index (χ0v) is 11.2. The molecule has 1 heterocycles. The summed E-state index contributed by atoms with van der Waals surface area (Å²) in [6, 6.07) is 2.81. The van der Waals surface area contributed by atoms with Crippen LogP contribution in [-0.4, -0.2) is 27.9 Å². The fraction of sp³-hybridized carbons (Fsp3) is 0.417. The minimum atomic E-state index is -4.51. The average molecular weight is 303 g/mol. The van der Waals surface area contributed by atoms with Crippen molar-refractivity contribution >= 4 is 17.2 Å². The van der Waals surface area contributed by atoms with Crippen molar-refractivity contribution in [3.63, 3.8) is 0 Å². The van der Waals surface area contributed by atoms with Crippen LogP contribution in [0.4, 0.5) is 18.0 Å². The molecule has 0 fully saturated rings. The van der Waals surface area contributed by atoms with Crippen LogP contribution in [0.2, 0.25) is 0 Å². The number of carbonyl (C=O) groups excluding carboxylic acids is 1. The molecule has 0 amide bonds. The lowest BCUT2D eigenvalue weighted by Gasteiger charge is -2.08. The fourth-order valence-electron chi connectivity index (χ4n) is 1.47. The maximum atomic E-state index is 12.6. The number of halogens is 3. The molecule has 0 bridgehead atoms. The molecule has 6 nitrogen and oxygen atoms in total. The summed E-state index contributed by atoms with van der Waals surface area (Å²) in [4.78, 5) is 16.7. The Labute approximate surface area is 117 Å². The van der Waals surface area contributed by atoms with Crippen LogP contribution in [0, 0.1) is 5.92 Å². The molecular weight excluding hydrogens is 291 g/mol. The van der Waals surface area contributed by atoms with E-state index in [1.165, 1.54) is 0 Å². The maximum absolute atomic E-state index is 12.6. The number of rotatable bonds is 3. The summed E-state index contributed by atoms with van der Waals surface area (Å²) in [5.41, 5.74) is -0.802. The summed E-state index contributed by atoms with van der Waals surface area (Å²) in [5, 5.41) is 7.06. The van der Waals surface area contributed by atoms with Crippen molar-refractivity contribution < 1.29 is 27.5 Å². The molecule has 1 aromatic heterocycles. The van der Waals surface area contributed by atoms with E-state index in [1.54, 1.807) is 0 Å². The van der Waals surface area contributed by atoms with Crippen molar-refractivity contribution in [1.29, 1.82) is 0 Å². The Morgan fingerprint density at radius 1 is 1.38 bits per heavy atom. The number of hydrogen-bond acceptors (Lipinski definition) is 5. The molecule has 1 aromatic carbocycles. The lowest BCUT2D eigenvalue weighted by atomic mass is 10.2. The van der Waals surface area contributed by atoms with Crippen LogP contribution in [0.1, 0.15) is 19.4 Å². The van der Waals surface area contributed by atoms with E-state index in [0.29, 0.717) is 4.85 Å². The van der Waals surface area contributed by atoms with Crippen LogP contribution in [0.25, 0.3) is 11.0 Å². The predicted octanol–water partition coefficient (Wildman–Crippen LogP) is 2.67. The molecule has 0 radical (unpaired) electrons. The Morgan fingerprint density at radius 3 is 2.71 bits per heavy atom. The summed E-state index contributed by atoms with van der Waals surface area (Å²) in [6.07, 6.45) is -5.57. The number of aromatic nitrogens is 3. The SMILES string of the molecule is CC(C)COC(=O)On1nnc2ccc(C(F)(F)F)cc21. The van der Waals surface area contributed by atoms with E-state index in [2.05, 4.69) is 10.3 Å². The zero-order valence-electron chi connectivity index (χ0n) is 11.2. The van der Waals surface area contributed by atoms with E-state index in [-0.39, 0.29) is 23.6 Å². The van der Waals surface area contributed by atoms with Gasteiger partial charge in [-0.3, -0.25) is 4.84 Å². The number of benzene rings is 1. The Balaban J connectivity index is 2.22. The number of hydrogen-bond donors (Lipinski definition) is 0. The average Bonchev–Trinajstić information content (AvgIpc) is 2.78. The van der Waals surface area contributed by atoms with Crippen molar-refractivity contribution in [1.82, 2.24) is 15.2 Å². The monoisotopic (exact) mass is 303 g/mol. The largest absolute Gasteiger partial charge is 0.535 e. The van der Waals surface area contributed by atoms with Gasteiger partial charge in [0.15, 0.2) is 0 Å². The molecular formula is C12H12F3N3O3. The van der Waals surface area contributed by atoms with Gasteiger partial charge < -0.3 is 4.74 Å². The van der Waals surface area contributed by atoms with Crippen molar-refractivity contribution in [2.24, 2.45) is 5.92 Å². The molecule has 114 valence electrons. The van der Waals surface area contributed by atoms with Crippen molar-refractivity contribution in [3.05, 3.63) is 23.8 Å². The van der Waals surface area contributed by atoms with Gasteiger partial charge in [0.1, 0.15) is 11.0 Å². The second kappa shape index (κ2) is 5.58. The van der Waals surface area contributed by atoms with E-state index >= 15 is 0 Å². The molecule has 2 rings (SSSR count). The molecule has 0 aliphatic carbocycles. The van der Waals surface area contributed by atoms with E-state index in [1.807, 2.05) is 13.8 Å². The second-order valence-corrected chi connectivity index (χ2v) is 4.71. The summed E-state index contributed by atoms with van der Waals surface area (Å²) in [5.74, 6) is 0.0990. The lowest BCUT2D eigenvalue weighted by molar-refractivity contribution is -0.137. The first-order valence-corrected chi connectivity index (χ1v) is 6.05. The van der Waals surface area contributed by atoms with Gasteiger partial charge in [0.2, 0.25) is 0 Å². The van der Waals surface area contributed by atoms with E-state index in [0.717, 1.165) is 18.2 Å². The highest BCUT2D eigenvalue weighted by Gasteiger charge is 2.31. The molecule has 0 spiro atoms. The minimum absolute atomic E-state index is 0.0775. The molecule has 21 heavy (non-hydrogen) atoms. The molecule has 0 aliphatic heterocycles. The van der Waals surface area contributed by atoms with Crippen molar-refractivity contribution in [2.75, 3.05) is 6.61 Å². The van der Waals surface area contributed by atoms with Gasteiger partial charge in [-0.25, -0.2) is 4.79 Å². The molecule has 0 saturated carbocycles. The highest BCUT2D eigenvalue weighted by Crippen LogP contribution is 2.30. The predicted molar refractivity (Wildman–Crippen MR) is 65.3 cm³/mol. The Hall–Kier alpha value is -2.32. The highest BCUT2D eigenvalue weighted by atomic mass is 19.4. The van der Waals surface area contributed by atoms with Gasteiger partial charge in [-0.05, 0) is 29.3 Å². The first-order valence-electron chi connectivity index (χ1n) is 6.05. The first kappa shape index (κ1) is 15.1. The fourth-order valence-corrected chi connectivity index (χ4v) is 1.47. The number of ether oxygens (including phenoxy) is 1. The second-order valence-electron chi connectivity index (χ2n) is 4.71. The molecule has 9 heteroatoms. The van der Waals surface area contributed by atoms with Gasteiger partial charge in [0.25, 0.3) is 0 Å². The van der Waals surface area contributed by atoms with Crippen LogP contribution >= 0.6 is 0 Å². The van der Waals surface area contributed by atoms with Crippen molar-refractivity contribution in [3.8, 4) is 0 Å². The smallest absolute Gasteiger partial charge is 0.432 e. The van der Waals surface area contributed by atoms with Gasteiger partial charge in [-0.15, -0.1) is 5.10 Å². The summed E-state index contributed by atoms with van der Waals surface area (Å²) >= 11 is 0. The summed E-state index contributed by atoms with van der Waals surface area (Å²) < 4.78 is 42.7. The molecule has 0 unspecified atom stereocenters. The molecule has 0 aliphatic rings. The van der Waals surface area contributed by atoms with Crippen LogP contribution in [0.5, 0.6) is 0 Å². The third kappa shape index (κ3) is 3.61. The lowest BCUT2D eigenvalue weighted by Crippen LogP contribution is -2.23. The summed E-state index contributed by atoms with van der Waals surface area (Å²) in [6.45, 7) is 3.78. The van der Waals surface area contributed by atoms with Crippen LogP contribution in [-0.2, 0) is 10.9 Å². The number of fused-ring (bicyclic) bond motifs is 1. The third-order valence-electron chi connectivity index (χ3n) is 2.44. The van der Waals surface area contributed by atoms with Gasteiger partial charge in [-0.1, -0.05) is 18.7 Å². The van der Waals surface area contributed by atoms with Crippen molar-refractivity contribution in [2.45, 2.75) is 20.0 Å². The van der Waals surface area contributed by atoms with Gasteiger partial charge in [0.05, 0.1) is 12.2 Å². The Kier molecular flexibility index (Phi) is 4.01. The maximum Gasteiger partial charge on any atom is 0.535 e. The summed E-state index contributed by atoms with van der Waals surface area (Å²) in [7, 11) is 0. The van der Waals surface area contributed by atoms with E-state index < -0.39 is 17.9 Å². The van der Waals surface area contributed by atoms with E-state index in [9.17, 15) is 18.0 Å². The van der Waals surface area contributed by atoms with Crippen LogP contribution in [0.15, 0.2) is 18.2 Å². The first-order chi connectivity index (χ1) is 9.77. The molecule has 0 saturated heterocycles. The van der Waals surface area contributed by atoms with Crippen LogP contribution < -0.4 is 4.84 Å². The highest BCUT2D eigenvalue weighted by molar-refractivity contribution is 5.75. The zero-order chi connectivity index (χ0) is 15.6. The molecule has 0 atom stereocenters. The normalized spacial score (nSPS) is 11.9. The Bertz CT molecular complexity index is 652. The Morgan fingerprint density at radius 2 is 2.10 bits per heavy atom. The number of nitrogens with zero attached hydrogens (tertiary/aromatic N) is 3. The standard InChI is InChI=1S/C12H12F3N3O3/c1-7(2)6-20-11(19)21-18-10-5-8(12(13,14)15)3-4-9(10)16-17-18/h3-5,7H,6H2,1-2H3. The van der Waals surface area contributed by atoms with Gasteiger partial charge >= 0.3 is 12.3 Å². The van der Waals surface area contributed by atoms with Gasteiger partial charge in [-0.2, -0.15) is 13.2 Å².